The number of aliphatic carboxylic acids is 1. The molecule has 4 nitrogen and oxygen atoms in total. The number of hydrogen-bond donors (Lipinski definition) is 1. The number of piperidine rings is 1. The standard InChI is InChI=1S/C16H21NO3/c1-11-3-4-13(9-12(11)2)10-15(18)17-7-5-14(6-8-17)16(19)20/h3-4,9,14H,5-8,10H2,1-2H3,(H,19,20). The number of carboxylic acids is 1. The molecule has 1 saturated heterocycles. The van der Waals surface area contributed by atoms with Gasteiger partial charge < -0.3 is 10.0 Å². The lowest BCUT2D eigenvalue weighted by atomic mass is 9.96. The van der Waals surface area contributed by atoms with Crippen LogP contribution in [0.1, 0.15) is 29.5 Å². The summed E-state index contributed by atoms with van der Waals surface area (Å²) in [6.45, 7) is 5.21. The number of likely N-dealkylation sites (tertiary alicyclic amines) is 1. The first-order valence-corrected chi connectivity index (χ1v) is 7.04. The molecule has 0 aromatic heterocycles. The van der Waals surface area contributed by atoms with Gasteiger partial charge in [0.25, 0.3) is 0 Å². The van der Waals surface area contributed by atoms with Crippen molar-refractivity contribution >= 4 is 11.9 Å². The number of carbonyl (C=O) groups is 2. The normalized spacial score (nSPS) is 16.2. The molecule has 2 rings (SSSR count). The fourth-order valence-corrected chi connectivity index (χ4v) is 2.58. The van der Waals surface area contributed by atoms with Gasteiger partial charge in [-0.2, -0.15) is 0 Å². The summed E-state index contributed by atoms with van der Waals surface area (Å²) in [5.74, 6) is -0.941. The van der Waals surface area contributed by atoms with Gasteiger partial charge in [-0.15, -0.1) is 0 Å². The van der Waals surface area contributed by atoms with Crippen molar-refractivity contribution in [3.8, 4) is 0 Å². The Labute approximate surface area is 119 Å². The van der Waals surface area contributed by atoms with E-state index >= 15 is 0 Å². The van der Waals surface area contributed by atoms with Crippen molar-refractivity contribution in [2.75, 3.05) is 13.1 Å². The van der Waals surface area contributed by atoms with Crippen molar-refractivity contribution in [1.82, 2.24) is 4.90 Å². The molecule has 1 amide bonds. The fourth-order valence-electron chi connectivity index (χ4n) is 2.58. The number of carboxylic acid groups (broad SMARTS) is 1. The molecule has 1 aromatic carbocycles. The van der Waals surface area contributed by atoms with Crippen molar-refractivity contribution in [3.63, 3.8) is 0 Å². The zero-order chi connectivity index (χ0) is 14.7. The van der Waals surface area contributed by atoms with Gasteiger partial charge in [-0.1, -0.05) is 18.2 Å². The number of aryl methyl sites for hydroxylation is 2. The number of rotatable bonds is 3. The van der Waals surface area contributed by atoms with Gasteiger partial charge in [-0.3, -0.25) is 9.59 Å². The molecule has 1 aromatic rings. The lowest BCUT2D eigenvalue weighted by Gasteiger charge is -2.30. The molecule has 0 unspecified atom stereocenters. The number of amides is 1. The van der Waals surface area contributed by atoms with Crippen LogP contribution in [0.15, 0.2) is 18.2 Å². The lowest BCUT2D eigenvalue weighted by Crippen LogP contribution is -2.40. The summed E-state index contributed by atoms with van der Waals surface area (Å²) >= 11 is 0. The third kappa shape index (κ3) is 3.38. The van der Waals surface area contributed by atoms with Crippen LogP contribution in [-0.4, -0.2) is 35.0 Å². The molecule has 0 spiro atoms. The van der Waals surface area contributed by atoms with E-state index in [0.29, 0.717) is 32.4 Å². The van der Waals surface area contributed by atoms with E-state index in [0.717, 1.165) is 5.56 Å². The van der Waals surface area contributed by atoms with Gasteiger partial charge in [0.2, 0.25) is 5.91 Å². The van der Waals surface area contributed by atoms with Crippen LogP contribution < -0.4 is 0 Å². The molecule has 4 heteroatoms. The van der Waals surface area contributed by atoms with Gasteiger partial charge >= 0.3 is 5.97 Å². The van der Waals surface area contributed by atoms with E-state index in [2.05, 4.69) is 13.0 Å². The first-order chi connectivity index (χ1) is 9.47. The molecular weight excluding hydrogens is 254 g/mol. The summed E-state index contributed by atoms with van der Waals surface area (Å²) in [6.07, 6.45) is 1.53. The Bertz CT molecular complexity index is 516. The number of hydrogen-bond acceptors (Lipinski definition) is 2. The summed E-state index contributed by atoms with van der Waals surface area (Å²) in [6, 6.07) is 6.08. The molecule has 0 radical (unpaired) electrons. The fraction of sp³-hybridized carbons (Fsp3) is 0.500. The minimum Gasteiger partial charge on any atom is -0.481 e. The third-order valence-electron chi connectivity index (χ3n) is 4.12. The molecule has 0 saturated carbocycles. The molecule has 0 atom stereocenters. The molecule has 108 valence electrons. The highest BCUT2D eigenvalue weighted by Crippen LogP contribution is 2.18. The number of benzene rings is 1. The topological polar surface area (TPSA) is 57.6 Å². The van der Waals surface area contributed by atoms with Gasteiger partial charge in [0.05, 0.1) is 12.3 Å². The summed E-state index contributed by atoms with van der Waals surface area (Å²) in [5, 5.41) is 8.95. The van der Waals surface area contributed by atoms with E-state index in [-0.39, 0.29) is 11.8 Å². The third-order valence-corrected chi connectivity index (χ3v) is 4.12. The summed E-state index contributed by atoms with van der Waals surface area (Å²) in [4.78, 5) is 24.9. The first kappa shape index (κ1) is 14.6. The van der Waals surface area contributed by atoms with E-state index < -0.39 is 5.97 Å². The zero-order valence-electron chi connectivity index (χ0n) is 12.1. The first-order valence-electron chi connectivity index (χ1n) is 7.04. The van der Waals surface area contributed by atoms with Crippen LogP contribution in [0.4, 0.5) is 0 Å². The molecule has 1 fully saturated rings. The van der Waals surface area contributed by atoms with E-state index in [1.54, 1.807) is 4.90 Å². The Balaban J connectivity index is 1.92. The monoisotopic (exact) mass is 275 g/mol. The summed E-state index contributed by atoms with van der Waals surface area (Å²) < 4.78 is 0. The second kappa shape index (κ2) is 6.07. The number of carbonyl (C=O) groups excluding carboxylic acids is 1. The van der Waals surface area contributed by atoms with Crippen LogP contribution in [0.25, 0.3) is 0 Å². The number of nitrogens with zero attached hydrogens (tertiary/aromatic N) is 1. The molecular formula is C16H21NO3. The van der Waals surface area contributed by atoms with Crippen LogP contribution in [-0.2, 0) is 16.0 Å². The van der Waals surface area contributed by atoms with Crippen LogP contribution in [0.2, 0.25) is 0 Å². The van der Waals surface area contributed by atoms with E-state index in [9.17, 15) is 9.59 Å². The minimum absolute atomic E-state index is 0.0945. The second-order valence-corrected chi connectivity index (χ2v) is 5.59. The average molecular weight is 275 g/mol. The molecule has 1 heterocycles. The Morgan fingerprint density at radius 3 is 2.40 bits per heavy atom. The summed E-state index contributed by atoms with van der Waals surface area (Å²) in [7, 11) is 0. The van der Waals surface area contributed by atoms with Crippen LogP contribution >= 0.6 is 0 Å². The van der Waals surface area contributed by atoms with Crippen LogP contribution in [0.3, 0.4) is 0 Å². The Kier molecular flexibility index (Phi) is 4.42. The maximum Gasteiger partial charge on any atom is 0.306 e. The second-order valence-electron chi connectivity index (χ2n) is 5.59. The Hall–Kier alpha value is -1.84. The predicted molar refractivity (Wildman–Crippen MR) is 76.6 cm³/mol. The molecule has 20 heavy (non-hydrogen) atoms. The average Bonchev–Trinajstić information content (AvgIpc) is 2.43. The highest BCUT2D eigenvalue weighted by molar-refractivity contribution is 5.79. The molecule has 1 N–H and O–H groups in total. The Morgan fingerprint density at radius 2 is 1.85 bits per heavy atom. The van der Waals surface area contributed by atoms with Gasteiger partial charge in [0, 0.05) is 13.1 Å². The van der Waals surface area contributed by atoms with Crippen LogP contribution in [0, 0.1) is 19.8 Å². The van der Waals surface area contributed by atoms with Gasteiger partial charge in [0.1, 0.15) is 0 Å². The van der Waals surface area contributed by atoms with Gasteiger partial charge in [0.15, 0.2) is 0 Å². The molecule has 0 aliphatic carbocycles. The molecule has 1 aliphatic rings. The predicted octanol–water partition coefficient (Wildman–Crippen LogP) is 2.17. The summed E-state index contributed by atoms with van der Waals surface area (Å²) in [5.41, 5.74) is 3.45. The quantitative estimate of drug-likeness (QED) is 0.919. The minimum atomic E-state index is -0.744. The smallest absolute Gasteiger partial charge is 0.306 e. The highest BCUT2D eigenvalue weighted by atomic mass is 16.4. The highest BCUT2D eigenvalue weighted by Gasteiger charge is 2.26. The van der Waals surface area contributed by atoms with Crippen molar-refractivity contribution in [1.29, 1.82) is 0 Å². The zero-order valence-corrected chi connectivity index (χ0v) is 12.1. The van der Waals surface area contributed by atoms with Crippen LogP contribution in [0.5, 0.6) is 0 Å². The van der Waals surface area contributed by atoms with Gasteiger partial charge in [-0.25, -0.2) is 0 Å². The van der Waals surface area contributed by atoms with Crippen molar-refractivity contribution in [3.05, 3.63) is 34.9 Å². The SMILES string of the molecule is Cc1ccc(CC(=O)N2CCC(C(=O)O)CC2)cc1C. The van der Waals surface area contributed by atoms with E-state index in [4.69, 9.17) is 5.11 Å². The van der Waals surface area contributed by atoms with Crippen molar-refractivity contribution < 1.29 is 14.7 Å². The van der Waals surface area contributed by atoms with Gasteiger partial charge in [-0.05, 0) is 43.4 Å². The maximum atomic E-state index is 12.2. The van der Waals surface area contributed by atoms with Crippen molar-refractivity contribution in [2.24, 2.45) is 5.92 Å². The van der Waals surface area contributed by atoms with Crippen molar-refractivity contribution in [2.45, 2.75) is 33.1 Å². The lowest BCUT2D eigenvalue weighted by molar-refractivity contribution is -0.145. The van der Waals surface area contributed by atoms with E-state index in [1.807, 2.05) is 19.1 Å². The van der Waals surface area contributed by atoms with E-state index in [1.165, 1.54) is 11.1 Å². The maximum absolute atomic E-state index is 12.2. The Morgan fingerprint density at radius 1 is 1.20 bits per heavy atom. The largest absolute Gasteiger partial charge is 0.481 e. The molecule has 0 bridgehead atoms. The molecule has 1 aliphatic heterocycles.